The van der Waals surface area contributed by atoms with Gasteiger partial charge in [0.2, 0.25) is 0 Å². The summed E-state index contributed by atoms with van der Waals surface area (Å²) < 4.78 is 4.90. The van der Waals surface area contributed by atoms with Gasteiger partial charge in [0.05, 0.1) is 0 Å². The fraction of sp³-hybridized carbons (Fsp3) is 0.500. The Hall–Kier alpha value is -1.12. The summed E-state index contributed by atoms with van der Waals surface area (Å²) in [6.07, 6.45) is 1.40. The smallest absolute Gasteiger partial charge is 0.191 e. The van der Waals surface area contributed by atoms with Gasteiger partial charge in [-0.3, -0.25) is 4.79 Å². The Morgan fingerprint density at radius 1 is 1.64 bits per heavy atom. The molecule has 0 fully saturated rings. The summed E-state index contributed by atoms with van der Waals surface area (Å²) in [4.78, 5) is 15.2. The molecule has 60 valence electrons. The molecule has 11 heavy (non-hydrogen) atoms. The zero-order valence-corrected chi connectivity index (χ0v) is 6.92. The minimum absolute atomic E-state index is 0.0144. The van der Waals surface area contributed by atoms with E-state index in [2.05, 4.69) is 4.98 Å². The Morgan fingerprint density at radius 2 is 2.27 bits per heavy atom. The van der Waals surface area contributed by atoms with Gasteiger partial charge >= 0.3 is 0 Å². The van der Waals surface area contributed by atoms with E-state index in [9.17, 15) is 4.79 Å². The van der Waals surface area contributed by atoms with Crippen molar-refractivity contribution in [2.24, 2.45) is 5.92 Å². The highest BCUT2D eigenvalue weighted by atomic mass is 16.3. The minimum Gasteiger partial charge on any atom is -0.449 e. The van der Waals surface area contributed by atoms with Gasteiger partial charge in [0, 0.05) is 12.8 Å². The van der Waals surface area contributed by atoms with Crippen molar-refractivity contribution in [3.8, 4) is 0 Å². The fourth-order valence-corrected chi connectivity index (χ4v) is 0.772. The van der Waals surface area contributed by atoms with E-state index in [0.29, 0.717) is 11.6 Å². The molecule has 0 saturated heterocycles. The number of oxazole rings is 1. The molecule has 1 rings (SSSR count). The minimum atomic E-state index is -0.0144. The average molecular weight is 153 g/mol. The molecule has 1 aromatic rings. The first kappa shape index (κ1) is 7.98. The molecule has 0 aliphatic carbocycles. The maximum Gasteiger partial charge on any atom is 0.191 e. The Labute approximate surface area is 65.4 Å². The largest absolute Gasteiger partial charge is 0.449 e. The highest BCUT2D eigenvalue weighted by Crippen LogP contribution is 2.07. The normalized spacial score (nSPS) is 10.5. The van der Waals surface area contributed by atoms with E-state index in [-0.39, 0.29) is 11.7 Å². The zero-order chi connectivity index (χ0) is 8.43. The highest BCUT2D eigenvalue weighted by molar-refractivity contribution is 5.95. The Bertz CT molecular complexity index is 263. The second-order valence-electron chi connectivity index (χ2n) is 2.77. The topological polar surface area (TPSA) is 43.1 Å². The number of Topliss-reactive ketones (excluding diaryl/α,β-unsaturated/α-hetero) is 1. The summed E-state index contributed by atoms with van der Waals surface area (Å²) in [5.74, 6) is 0.551. The maximum absolute atomic E-state index is 11.2. The van der Waals surface area contributed by atoms with Crippen LogP contribution in [0.15, 0.2) is 10.7 Å². The molecule has 0 spiro atoms. The van der Waals surface area contributed by atoms with Crippen LogP contribution in [0.2, 0.25) is 0 Å². The Morgan fingerprint density at radius 3 is 2.64 bits per heavy atom. The lowest BCUT2D eigenvalue weighted by Crippen LogP contribution is -2.07. The highest BCUT2D eigenvalue weighted by Gasteiger charge is 2.13. The van der Waals surface area contributed by atoms with E-state index < -0.39 is 0 Å². The Kier molecular flexibility index (Phi) is 2.08. The maximum atomic E-state index is 11.2. The van der Waals surface area contributed by atoms with Gasteiger partial charge in [-0.1, -0.05) is 13.8 Å². The van der Waals surface area contributed by atoms with Crippen molar-refractivity contribution in [2.75, 3.05) is 0 Å². The number of nitrogens with zero attached hydrogens (tertiary/aromatic N) is 1. The van der Waals surface area contributed by atoms with E-state index in [1.54, 1.807) is 6.92 Å². The third-order valence-corrected chi connectivity index (χ3v) is 1.40. The van der Waals surface area contributed by atoms with Crippen LogP contribution in [-0.2, 0) is 0 Å². The predicted octanol–water partition coefficient (Wildman–Crippen LogP) is 1.82. The summed E-state index contributed by atoms with van der Waals surface area (Å²) in [7, 11) is 0. The number of aromatic nitrogens is 1. The van der Waals surface area contributed by atoms with E-state index in [0.717, 1.165) is 0 Å². The van der Waals surface area contributed by atoms with Crippen molar-refractivity contribution < 1.29 is 9.21 Å². The molecule has 0 aromatic carbocycles. The quantitative estimate of drug-likeness (QED) is 0.608. The number of hydrogen-bond acceptors (Lipinski definition) is 3. The van der Waals surface area contributed by atoms with Gasteiger partial charge in [0.15, 0.2) is 11.7 Å². The molecule has 3 nitrogen and oxygen atoms in total. The number of carbonyl (C=O) groups excluding carboxylic acids is 1. The molecule has 3 heteroatoms. The predicted molar refractivity (Wildman–Crippen MR) is 40.4 cm³/mol. The van der Waals surface area contributed by atoms with Crippen molar-refractivity contribution in [3.05, 3.63) is 17.8 Å². The standard InChI is InChI=1S/C8H11NO2/c1-5(2)8(10)7-4-11-6(3)9-7/h4-5H,1-3H3. The summed E-state index contributed by atoms with van der Waals surface area (Å²) in [5.41, 5.74) is 0.428. The monoisotopic (exact) mass is 153 g/mol. The van der Waals surface area contributed by atoms with Crippen LogP contribution in [0.25, 0.3) is 0 Å². The molecule has 0 saturated carbocycles. The van der Waals surface area contributed by atoms with Gasteiger partial charge in [-0.25, -0.2) is 4.98 Å². The van der Waals surface area contributed by atoms with Crippen LogP contribution in [0.4, 0.5) is 0 Å². The number of hydrogen-bond donors (Lipinski definition) is 0. The summed E-state index contributed by atoms with van der Waals surface area (Å²) in [6.45, 7) is 5.40. The van der Waals surface area contributed by atoms with Crippen LogP contribution in [0.5, 0.6) is 0 Å². The van der Waals surface area contributed by atoms with Crippen molar-refractivity contribution in [1.82, 2.24) is 4.98 Å². The van der Waals surface area contributed by atoms with Crippen LogP contribution in [0.1, 0.15) is 30.2 Å². The molecule has 0 aliphatic heterocycles. The molecule has 0 amide bonds. The van der Waals surface area contributed by atoms with Crippen molar-refractivity contribution in [2.45, 2.75) is 20.8 Å². The molecule has 1 heterocycles. The van der Waals surface area contributed by atoms with Gasteiger partial charge in [0.25, 0.3) is 0 Å². The molecule has 1 aromatic heterocycles. The molecule has 0 unspecified atom stereocenters. The number of rotatable bonds is 2. The summed E-state index contributed by atoms with van der Waals surface area (Å²) in [6, 6.07) is 0. The lowest BCUT2D eigenvalue weighted by Gasteiger charge is -1.96. The number of aryl methyl sites for hydroxylation is 1. The van der Waals surface area contributed by atoms with Gasteiger partial charge in [-0.2, -0.15) is 0 Å². The molecular formula is C8H11NO2. The first-order chi connectivity index (χ1) is 5.11. The second-order valence-corrected chi connectivity index (χ2v) is 2.77. The van der Waals surface area contributed by atoms with Crippen LogP contribution in [0, 0.1) is 12.8 Å². The van der Waals surface area contributed by atoms with Gasteiger partial charge in [-0.05, 0) is 0 Å². The third kappa shape index (κ3) is 1.67. The number of ketones is 1. The van der Waals surface area contributed by atoms with Crippen LogP contribution >= 0.6 is 0 Å². The van der Waals surface area contributed by atoms with E-state index in [1.807, 2.05) is 13.8 Å². The molecule has 0 aliphatic rings. The van der Waals surface area contributed by atoms with E-state index >= 15 is 0 Å². The van der Waals surface area contributed by atoms with Crippen LogP contribution in [0.3, 0.4) is 0 Å². The zero-order valence-electron chi connectivity index (χ0n) is 6.92. The van der Waals surface area contributed by atoms with Gasteiger partial charge in [0.1, 0.15) is 12.0 Å². The summed E-state index contributed by atoms with van der Waals surface area (Å²) in [5, 5.41) is 0. The van der Waals surface area contributed by atoms with Crippen molar-refractivity contribution in [1.29, 1.82) is 0 Å². The SMILES string of the molecule is Cc1nc(C(=O)C(C)C)co1. The molecule has 0 atom stereocenters. The second kappa shape index (κ2) is 2.86. The summed E-state index contributed by atoms with van der Waals surface area (Å²) >= 11 is 0. The average Bonchev–Trinajstić information content (AvgIpc) is 2.34. The fourth-order valence-electron chi connectivity index (χ4n) is 0.772. The van der Waals surface area contributed by atoms with E-state index in [4.69, 9.17) is 4.42 Å². The van der Waals surface area contributed by atoms with Gasteiger partial charge in [-0.15, -0.1) is 0 Å². The first-order valence-corrected chi connectivity index (χ1v) is 3.57. The lowest BCUT2D eigenvalue weighted by atomic mass is 10.1. The van der Waals surface area contributed by atoms with Crippen molar-refractivity contribution in [3.63, 3.8) is 0 Å². The molecular weight excluding hydrogens is 142 g/mol. The van der Waals surface area contributed by atoms with E-state index in [1.165, 1.54) is 6.26 Å². The van der Waals surface area contributed by atoms with Crippen molar-refractivity contribution >= 4 is 5.78 Å². The molecule has 0 bridgehead atoms. The van der Waals surface area contributed by atoms with Crippen LogP contribution in [-0.4, -0.2) is 10.8 Å². The van der Waals surface area contributed by atoms with Crippen LogP contribution < -0.4 is 0 Å². The molecule has 0 N–H and O–H groups in total. The van der Waals surface area contributed by atoms with Gasteiger partial charge < -0.3 is 4.42 Å². The number of carbonyl (C=O) groups is 1. The third-order valence-electron chi connectivity index (χ3n) is 1.40. The molecule has 0 radical (unpaired) electrons. The first-order valence-electron chi connectivity index (χ1n) is 3.57. The lowest BCUT2D eigenvalue weighted by molar-refractivity contribution is 0.0934. The Balaban J connectivity index is 2.85.